The fourth-order valence-corrected chi connectivity index (χ4v) is 6.69. The van der Waals surface area contributed by atoms with E-state index in [0.29, 0.717) is 72.4 Å². The molecule has 36 heavy (non-hydrogen) atoms. The molecular weight excluding hydrogens is 502 g/mol. The number of piperidine rings is 1. The predicted molar refractivity (Wildman–Crippen MR) is 137 cm³/mol. The quantitative estimate of drug-likeness (QED) is 0.586. The number of nitrogens with two attached hydrogens (primary N) is 1. The molecule has 5 rings (SSSR count). The van der Waals surface area contributed by atoms with Gasteiger partial charge in [0.1, 0.15) is 5.01 Å². The van der Waals surface area contributed by atoms with Gasteiger partial charge in [0, 0.05) is 59.8 Å². The van der Waals surface area contributed by atoms with Crippen LogP contribution < -0.4 is 5.73 Å². The van der Waals surface area contributed by atoms with Gasteiger partial charge in [0.15, 0.2) is 0 Å². The van der Waals surface area contributed by atoms with Crippen LogP contribution in [0, 0.1) is 0 Å². The van der Waals surface area contributed by atoms with E-state index in [2.05, 4.69) is 9.88 Å². The van der Waals surface area contributed by atoms with Gasteiger partial charge in [-0.2, -0.15) is 0 Å². The van der Waals surface area contributed by atoms with Gasteiger partial charge in [-0.05, 0) is 43.9 Å². The molecule has 2 bridgehead atoms. The van der Waals surface area contributed by atoms with Crippen molar-refractivity contribution in [3.63, 3.8) is 0 Å². The number of hydrogen-bond donors (Lipinski definition) is 2. The van der Waals surface area contributed by atoms with Crippen molar-refractivity contribution in [3.8, 4) is 10.6 Å². The molecule has 3 aliphatic rings. The Morgan fingerprint density at radius 1 is 1.08 bits per heavy atom. The molecule has 9 nitrogen and oxygen atoms in total. The lowest BCUT2D eigenvalue weighted by Crippen LogP contribution is -2.54. The number of carbonyl (C=O) groups excluding carboxylic acids is 3. The Morgan fingerprint density at radius 3 is 2.44 bits per heavy atom. The molecule has 11 heteroatoms. The topological polar surface area (TPSA) is 120 Å². The fourth-order valence-electron chi connectivity index (χ4n) is 5.67. The van der Waals surface area contributed by atoms with Gasteiger partial charge in [0.25, 0.3) is 0 Å². The minimum Gasteiger partial charge on any atom is -0.393 e. The van der Waals surface area contributed by atoms with Gasteiger partial charge in [-0.3, -0.25) is 19.3 Å². The number of aliphatic hydroxyl groups excluding tert-OH is 1. The van der Waals surface area contributed by atoms with Crippen LogP contribution in [0.1, 0.15) is 41.7 Å². The largest absolute Gasteiger partial charge is 0.393 e. The molecule has 1 aromatic carbocycles. The van der Waals surface area contributed by atoms with Crippen LogP contribution in [-0.4, -0.2) is 93.4 Å². The van der Waals surface area contributed by atoms with Crippen LogP contribution in [0.15, 0.2) is 23.6 Å². The highest BCUT2D eigenvalue weighted by atomic mass is 35.5. The van der Waals surface area contributed by atoms with Crippen molar-refractivity contribution in [2.45, 2.75) is 50.3 Å². The van der Waals surface area contributed by atoms with E-state index in [1.165, 1.54) is 11.3 Å². The summed E-state index contributed by atoms with van der Waals surface area (Å²) in [4.78, 5) is 48.2. The van der Waals surface area contributed by atoms with Crippen molar-refractivity contribution in [3.05, 3.63) is 39.9 Å². The van der Waals surface area contributed by atoms with Crippen molar-refractivity contribution in [2.24, 2.45) is 5.73 Å². The number of rotatable bonds is 6. The van der Waals surface area contributed by atoms with Crippen molar-refractivity contribution >= 4 is 40.7 Å². The van der Waals surface area contributed by atoms with Crippen molar-refractivity contribution in [2.75, 3.05) is 32.7 Å². The maximum absolute atomic E-state index is 13.0. The van der Waals surface area contributed by atoms with Crippen LogP contribution in [0.4, 0.5) is 0 Å². The number of hydrogen-bond acceptors (Lipinski definition) is 7. The summed E-state index contributed by atoms with van der Waals surface area (Å²) >= 11 is 7.44. The number of aliphatic hydroxyl groups is 1. The molecule has 1 aromatic heterocycles. The average molecular weight is 532 g/mol. The third-order valence-electron chi connectivity index (χ3n) is 7.44. The summed E-state index contributed by atoms with van der Waals surface area (Å²) in [7, 11) is 0. The van der Waals surface area contributed by atoms with Crippen LogP contribution in [0.25, 0.3) is 10.6 Å². The smallest absolute Gasteiger partial charge is 0.249 e. The molecule has 2 aromatic rings. The van der Waals surface area contributed by atoms with E-state index < -0.39 is 5.91 Å². The first-order chi connectivity index (χ1) is 17.3. The minimum absolute atomic E-state index is 0.0119. The van der Waals surface area contributed by atoms with Gasteiger partial charge in [-0.25, -0.2) is 4.98 Å². The summed E-state index contributed by atoms with van der Waals surface area (Å²) in [6.07, 6.45) is 3.21. The third-order valence-corrected chi connectivity index (χ3v) is 8.60. The van der Waals surface area contributed by atoms with E-state index in [1.54, 1.807) is 18.2 Å². The molecule has 0 radical (unpaired) electrons. The van der Waals surface area contributed by atoms with E-state index in [1.807, 2.05) is 15.2 Å². The minimum atomic E-state index is -0.559. The summed E-state index contributed by atoms with van der Waals surface area (Å²) in [5, 5.41) is 12.9. The Kier molecular flexibility index (Phi) is 7.30. The second-order valence-corrected chi connectivity index (χ2v) is 11.1. The Labute approximate surface area is 218 Å². The second kappa shape index (κ2) is 10.5. The van der Waals surface area contributed by atoms with Crippen molar-refractivity contribution in [1.82, 2.24) is 19.7 Å². The highest BCUT2D eigenvalue weighted by Crippen LogP contribution is 2.36. The summed E-state index contributed by atoms with van der Waals surface area (Å²) in [6.45, 7) is 2.79. The van der Waals surface area contributed by atoms with E-state index in [0.717, 1.165) is 12.8 Å². The molecule has 3 fully saturated rings. The Hall–Kier alpha value is -2.53. The van der Waals surface area contributed by atoms with Crippen LogP contribution in [-0.2, 0) is 16.0 Å². The molecule has 0 spiro atoms. The highest BCUT2D eigenvalue weighted by molar-refractivity contribution is 7.13. The number of nitrogens with zero attached hydrogens (tertiary/aromatic N) is 4. The van der Waals surface area contributed by atoms with E-state index in [4.69, 9.17) is 17.3 Å². The van der Waals surface area contributed by atoms with E-state index in [-0.39, 0.29) is 36.4 Å². The zero-order valence-electron chi connectivity index (χ0n) is 19.9. The first kappa shape index (κ1) is 25.1. The second-order valence-electron chi connectivity index (χ2n) is 9.84. The number of amides is 3. The molecule has 3 amide bonds. The Morgan fingerprint density at radius 2 is 1.78 bits per heavy atom. The normalized spacial score (nSPS) is 24.2. The molecule has 3 saturated heterocycles. The SMILES string of the molecule is NC(=O)c1ccc(Cl)cc1-c1nc(CC(=O)N2CCN(CC(=O)N3[C@@H]4CC[C@H]3CC(O)C4)CC2)cs1. The van der Waals surface area contributed by atoms with Gasteiger partial charge in [0.05, 0.1) is 24.8 Å². The van der Waals surface area contributed by atoms with Crippen molar-refractivity contribution < 1.29 is 19.5 Å². The van der Waals surface area contributed by atoms with Gasteiger partial charge < -0.3 is 20.6 Å². The third kappa shape index (κ3) is 5.27. The van der Waals surface area contributed by atoms with E-state index >= 15 is 0 Å². The number of piperazine rings is 1. The highest BCUT2D eigenvalue weighted by Gasteiger charge is 2.43. The molecule has 192 valence electrons. The number of thiazole rings is 1. The van der Waals surface area contributed by atoms with E-state index in [9.17, 15) is 19.5 Å². The molecule has 3 N–H and O–H groups in total. The standard InChI is InChI=1S/C25H30ClN5O4S/c26-15-1-4-20(24(27)35)21(9-15)25-28-16(14-36-25)10-22(33)30-7-5-29(6-8-30)13-23(34)31-17-2-3-18(31)12-19(32)11-17/h1,4,9,14,17-19,32H,2-3,5-8,10-13H2,(H2,27,35)/t17-,18+,19?. The maximum Gasteiger partial charge on any atom is 0.249 e. The molecule has 1 unspecified atom stereocenters. The van der Waals surface area contributed by atoms with Gasteiger partial charge in [-0.1, -0.05) is 11.6 Å². The maximum atomic E-state index is 13.0. The zero-order valence-corrected chi connectivity index (χ0v) is 21.5. The number of halogens is 1. The Bertz CT molecular complexity index is 1150. The first-order valence-electron chi connectivity index (χ1n) is 12.3. The number of primary amides is 1. The molecule has 4 heterocycles. The number of benzene rings is 1. The molecule has 3 aliphatic heterocycles. The summed E-state index contributed by atoms with van der Waals surface area (Å²) in [5.41, 5.74) is 7.03. The first-order valence-corrected chi connectivity index (χ1v) is 13.6. The van der Waals surface area contributed by atoms with Crippen LogP contribution in [0.2, 0.25) is 5.02 Å². The van der Waals surface area contributed by atoms with Gasteiger partial charge in [0.2, 0.25) is 17.7 Å². The monoisotopic (exact) mass is 531 g/mol. The average Bonchev–Trinajstić information content (AvgIpc) is 3.41. The number of carbonyl (C=O) groups is 3. The van der Waals surface area contributed by atoms with Gasteiger partial charge in [-0.15, -0.1) is 11.3 Å². The molecular formula is C25H30ClN5O4S. The summed E-state index contributed by atoms with van der Waals surface area (Å²) in [5.74, 6) is -0.431. The zero-order chi connectivity index (χ0) is 25.4. The lowest BCUT2D eigenvalue weighted by atomic mass is 10.00. The summed E-state index contributed by atoms with van der Waals surface area (Å²) in [6, 6.07) is 5.18. The van der Waals surface area contributed by atoms with Gasteiger partial charge >= 0.3 is 0 Å². The lowest BCUT2D eigenvalue weighted by molar-refractivity contribution is -0.139. The summed E-state index contributed by atoms with van der Waals surface area (Å²) < 4.78 is 0. The molecule has 0 aliphatic carbocycles. The predicted octanol–water partition coefficient (Wildman–Crippen LogP) is 1.76. The van der Waals surface area contributed by atoms with Crippen molar-refractivity contribution in [1.29, 1.82) is 0 Å². The fraction of sp³-hybridized carbons (Fsp3) is 0.520. The van der Waals surface area contributed by atoms with Crippen LogP contribution >= 0.6 is 22.9 Å². The van der Waals surface area contributed by atoms with Crippen LogP contribution in [0.3, 0.4) is 0 Å². The lowest BCUT2D eigenvalue weighted by Gasteiger charge is -2.40. The number of aromatic nitrogens is 1. The number of fused-ring (bicyclic) bond motifs is 2. The molecule has 0 saturated carbocycles. The molecule has 3 atom stereocenters. The Balaban J connectivity index is 1.14. The van der Waals surface area contributed by atoms with Crippen LogP contribution in [0.5, 0.6) is 0 Å².